The SMILES string of the molecule is CC(=O)c1cccc(S(=O)(=O)NCC2CCNCC2)c1. The van der Waals surface area contributed by atoms with Crippen molar-refractivity contribution in [3.8, 4) is 0 Å². The summed E-state index contributed by atoms with van der Waals surface area (Å²) in [4.78, 5) is 11.5. The number of Topliss-reactive ketones (excluding diaryl/α,β-unsaturated/α-hetero) is 1. The van der Waals surface area contributed by atoms with Crippen molar-refractivity contribution in [1.29, 1.82) is 0 Å². The van der Waals surface area contributed by atoms with Crippen molar-refractivity contribution in [2.75, 3.05) is 19.6 Å². The molecule has 1 fully saturated rings. The lowest BCUT2D eigenvalue weighted by atomic mass is 9.99. The molecule has 0 atom stereocenters. The first-order valence-electron chi connectivity index (χ1n) is 6.80. The minimum absolute atomic E-state index is 0.139. The van der Waals surface area contributed by atoms with Gasteiger partial charge in [-0.3, -0.25) is 4.79 Å². The minimum Gasteiger partial charge on any atom is -0.317 e. The quantitative estimate of drug-likeness (QED) is 0.800. The molecule has 110 valence electrons. The zero-order chi connectivity index (χ0) is 14.6. The van der Waals surface area contributed by atoms with E-state index in [2.05, 4.69) is 10.0 Å². The Morgan fingerprint density at radius 2 is 2.05 bits per heavy atom. The number of piperidine rings is 1. The third-order valence-electron chi connectivity index (χ3n) is 3.57. The zero-order valence-electron chi connectivity index (χ0n) is 11.6. The van der Waals surface area contributed by atoms with Gasteiger partial charge in [0.2, 0.25) is 10.0 Å². The number of benzene rings is 1. The van der Waals surface area contributed by atoms with Crippen molar-refractivity contribution >= 4 is 15.8 Å². The van der Waals surface area contributed by atoms with Crippen molar-refractivity contribution in [1.82, 2.24) is 10.0 Å². The number of carbonyl (C=O) groups is 1. The van der Waals surface area contributed by atoms with Crippen LogP contribution in [-0.4, -0.2) is 33.8 Å². The topological polar surface area (TPSA) is 75.3 Å². The average Bonchev–Trinajstić information content (AvgIpc) is 2.46. The molecular weight excluding hydrogens is 276 g/mol. The lowest BCUT2D eigenvalue weighted by Gasteiger charge is -2.22. The molecule has 0 bridgehead atoms. The summed E-state index contributed by atoms with van der Waals surface area (Å²) < 4.78 is 27.1. The van der Waals surface area contributed by atoms with E-state index in [1.165, 1.54) is 19.1 Å². The van der Waals surface area contributed by atoms with E-state index in [9.17, 15) is 13.2 Å². The van der Waals surface area contributed by atoms with Crippen LogP contribution in [0.4, 0.5) is 0 Å². The van der Waals surface area contributed by atoms with Crippen LogP contribution in [0.5, 0.6) is 0 Å². The number of hydrogen-bond acceptors (Lipinski definition) is 4. The number of ketones is 1. The Morgan fingerprint density at radius 3 is 2.70 bits per heavy atom. The van der Waals surface area contributed by atoms with Crippen molar-refractivity contribution in [3.05, 3.63) is 29.8 Å². The third-order valence-corrected chi connectivity index (χ3v) is 4.99. The Bertz CT molecular complexity index is 578. The summed E-state index contributed by atoms with van der Waals surface area (Å²) in [6.45, 7) is 3.75. The molecule has 0 unspecified atom stereocenters. The van der Waals surface area contributed by atoms with Crippen molar-refractivity contribution in [2.24, 2.45) is 5.92 Å². The van der Waals surface area contributed by atoms with Gasteiger partial charge >= 0.3 is 0 Å². The molecule has 0 aromatic heterocycles. The summed E-state index contributed by atoms with van der Waals surface area (Å²) >= 11 is 0. The Kier molecular flexibility index (Phi) is 4.91. The van der Waals surface area contributed by atoms with Crippen LogP contribution in [0.1, 0.15) is 30.1 Å². The van der Waals surface area contributed by atoms with Crippen LogP contribution >= 0.6 is 0 Å². The molecule has 1 heterocycles. The highest BCUT2D eigenvalue weighted by molar-refractivity contribution is 7.89. The summed E-state index contributed by atoms with van der Waals surface area (Å²) in [5.41, 5.74) is 0.412. The zero-order valence-corrected chi connectivity index (χ0v) is 12.4. The second-order valence-electron chi connectivity index (χ2n) is 5.13. The first-order chi connectivity index (χ1) is 9.49. The van der Waals surface area contributed by atoms with Gasteiger partial charge < -0.3 is 5.32 Å². The van der Waals surface area contributed by atoms with Crippen molar-refractivity contribution in [3.63, 3.8) is 0 Å². The molecular formula is C14H20N2O3S. The summed E-state index contributed by atoms with van der Waals surface area (Å²) in [5, 5.41) is 3.25. The Hall–Kier alpha value is -1.24. The number of nitrogens with one attached hydrogen (secondary N) is 2. The van der Waals surface area contributed by atoms with Crippen molar-refractivity contribution in [2.45, 2.75) is 24.7 Å². The second kappa shape index (κ2) is 6.47. The van der Waals surface area contributed by atoms with E-state index in [1.807, 2.05) is 0 Å². The van der Waals surface area contributed by atoms with Gasteiger partial charge in [0.25, 0.3) is 0 Å². The predicted molar refractivity (Wildman–Crippen MR) is 77.2 cm³/mol. The molecule has 2 rings (SSSR count). The van der Waals surface area contributed by atoms with Crippen LogP contribution in [0.3, 0.4) is 0 Å². The van der Waals surface area contributed by atoms with E-state index < -0.39 is 10.0 Å². The largest absolute Gasteiger partial charge is 0.317 e. The molecule has 1 saturated heterocycles. The number of rotatable bonds is 5. The number of carbonyl (C=O) groups excluding carboxylic acids is 1. The maximum absolute atomic E-state index is 12.2. The van der Waals surface area contributed by atoms with Gasteiger partial charge in [0.05, 0.1) is 4.90 Å². The number of sulfonamides is 1. The standard InChI is InChI=1S/C14H20N2O3S/c1-11(17)13-3-2-4-14(9-13)20(18,19)16-10-12-5-7-15-8-6-12/h2-4,9,12,15-16H,5-8,10H2,1H3. The van der Waals surface area contributed by atoms with Crippen molar-refractivity contribution < 1.29 is 13.2 Å². The highest BCUT2D eigenvalue weighted by Gasteiger charge is 2.19. The lowest BCUT2D eigenvalue weighted by Crippen LogP contribution is -2.36. The second-order valence-corrected chi connectivity index (χ2v) is 6.90. The molecule has 5 nitrogen and oxygen atoms in total. The van der Waals surface area contributed by atoms with E-state index in [0.29, 0.717) is 18.0 Å². The summed E-state index contributed by atoms with van der Waals surface area (Å²) in [7, 11) is -3.54. The monoisotopic (exact) mass is 296 g/mol. The van der Waals surface area contributed by atoms with Gasteiger partial charge in [0.1, 0.15) is 0 Å². The normalized spacial score (nSPS) is 17.1. The van der Waals surface area contributed by atoms with Gasteiger partial charge in [0.15, 0.2) is 5.78 Å². The van der Waals surface area contributed by atoms with Crippen LogP contribution in [0.15, 0.2) is 29.2 Å². The van der Waals surface area contributed by atoms with E-state index in [-0.39, 0.29) is 10.7 Å². The van der Waals surface area contributed by atoms with E-state index >= 15 is 0 Å². The molecule has 6 heteroatoms. The predicted octanol–water partition coefficient (Wildman–Crippen LogP) is 1.17. The van der Waals surface area contributed by atoms with Crippen LogP contribution in [0.2, 0.25) is 0 Å². The van der Waals surface area contributed by atoms with Crippen LogP contribution < -0.4 is 10.0 Å². The van der Waals surface area contributed by atoms with Gasteiger partial charge in [-0.05, 0) is 50.9 Å². The molecule has 0 aliphatic carbocycles. The third kappa shape index (κ3) is 3.88. The maximum Gasteiger partial charge on any atom is 0.240 e. The average molecular weight is 296 g/mol. The van der Waals surface area contributed by atoms with Crippen LogP contribution in [0.25, 0.3) is 0 Å². The number of hydrogen-bond donors (Lipinski definition) is 2. The Labute approximate surface area is 119 Å². The highest BCUT2D eigenvalue weighted by atomic mass is 32.2. The molecule has 20 heavy (non-hydrogen) atoms. The van der Waals surface area contributed by atoms with E-state index in [0.717, 1.165) is 25.9 Å². The van der Waals surface area contributed by atoms with E-state index in [1.54, 1.807) is 12.1 Å². The summed E-state index contributed by atoms with van der Waals surface area (Å²) in [6.07, 6.45) is 1.96. The molecule has 0 saturated carbocycles. The molecule has 0 radical (unpaired) electrons. The van der Waals surface area contributed by atoms with Crippen LogP contribution in [0, 0.1) is 5.92 Å². The molecule has 0 amide bonds. The van der Waals surface area contributed by atoms with Gasteiger partial charge in [-0.2, -0.15) is 0 Å². The molecule has 1 aromatic rings. The van der Waals surface area contributed by atoms with Crippen LogP contribution in [-0.2, 0) is 10.0 Å². The first kappa shape index (κ1) is 15.2. The summed E-state index contributed by atoms with van der Waals surface area (Å²) in [5.74, 6) is 0.238. The molecule has 1 aromatic carbocycles. The smallest absolute Gasteiger partial charge is 0.240 e. The Balaban J connectivity index is 2.05. The van der Waals surface area contributed by atoms with Gasteiger partial charge in [0, 0.05) is 12.1 Å². The fourth-order valence-corrected chi connectivity index (χ4v) is 3.44. The molecule has 0 spiro atoms. The van der Waals surface area contributed by atoms with Gasteiger partial charge in [-0.1, -0.05) is 12.1 Å². The highest BCUT2D eigenvalue weighted by Crippen LogP contribution is 2.14. The summed E-state index contributed by atoms with van der Waals surface area (Å²) in [6, 6.07) is 6.15. The fourth-order valence-electron chi connectivity index (χ4n) is 2.28. The molecule has 1 aliphatic rings. The molecule has 1 aliphatic heterocycles. The minimum atomic E-state index is -3.54. The van der Waals surface area contributed by atoms with E-state index in [4.69, 9.17) is 0 Å². The fraction of sp³-hybridized carbons (Fsp3) is 0.500. The van der Waals surface area contributed by atoms with Gasteiger partial charge in [-0.15, -0.1) is 0 Å². The first-order valence-corrected chi connectivity index (χ1v) is 8.29. The Morgan fingerprint density at radius 1 is 1.35 bits per heavy atom. The van der Waals surface area contributed by atoms with Gasteiger partial charge in [-0.25, -0.2) is 13.1 Å². The maximum atomic E-state index is 12.2. The molecule has 2 N–H and O–H groups in total. The lowest BCUT2D eigenvalue weighted by molar-refractivity contribution is 0.101.